The molecule has 7 heteroatoms. The number of hydrogen-bond acceptors (Lipinski definition) is 4. The van der Waals surface area contributed by atoms with Gasteiger partial charge in [0.15, 0.2) is 5.82 Å². The number of aromatic nitrogens is 4. The van der Waals surface area contributed by atoms with E-state index in [2.05, 4.69) is 15.5 Å². The number of aryl methyl sites for hydroxylation is 1. The molecule has 0 aliphatic rings. The van der Waals surface area contributed by atoms with Gasteiger partial charge in [-0.1, -0.05) is 66.2 Å². The van der Waals surface area contributed by atoms with Crippen LogP contribution < -0.4 is 0 Å². The zero-order valence-corrected chi connectivity index (χ0v) is 17.5. The Morgan fingerprint density at radius 1 is 1.00 bits per heavy atom. The summed E-state index contributed by atoms with van der Waals surface area (Å²) in [4.78, 5) is 2.00. The Balaban J connectivity index is 1.80. The second kappa shape index (κ2) is 8.73. The zero-order valence-electron chi connectivity index (χ0n) is 16.7. The molecule has 1 aromatic heterocycles. The molecule has 0 aliphatic carbocycles. The van der Waals surface area contributed by atoms with Crippen molar-refractivity contribution in [2.24, 2.45) is 0 Å². The monoisotopic (exact) mass is 421 g/mol. The van der Waals surface area contributed by atoms with E-state index in [1.54, 1.807) is 16.8 Å². The SMILES string of the molecule is Cc1ccccc1-n1nnnc1C(c1ccccc1)N(C)Cc1c(F)cccc1Cl. The minimum Gasteiger partial charge on any atom is -0.288 e. The molecule has 0 spiro atoms. The third kappa shape index (κ3) is 3.97. The van der Waals surface area contributed by atoms with Crippen LogP contribution in [-0.2, 0) is 6.54 Å². The molecule has 30 heavy (non-hydrogen) atoms. The number of para-hydroxylation sites is 1. The van der Waals surface area contributed by atoms with Gasteiger partial charge in [-0.3, -0.25) is 4.90 Å². The van der Waals surface area contributed by atoms with Crippen molar-refractivity contribution in [2.45, 2.75) is 19.5 Å². The first-order chi connectivity index (χ1) is 14.6. The van der Waals surface area contributed by atoms with Crippen molar-refractivity contribution in [2.75, 3.05) is 7.05 Å². The Morgan fingerprint density at radius 2 is 1.73 bits per heavy atom. The van der Waals surface area contributed by atoms with Crippen LogP contribution in [0.5, 0.6) is 0 Å². The van der Waals surface area contributed by atoms with Crippen molar-refractivity contribution >= 4 is 11.6 Å². The van der Waals surface area contributed by atoms with Gasteiger partial charge in [-0.2, -0.15) is 4.68 Å². The van der Waals surface area contributed by atoms with E-state index in [1.165, 1.54) is 6.07 Å². The van der Waals surface area contributed by atoms with Gasteiger partial charge in [0, 0.05) is 17.1 Å². The molecule has 0 amide bonds. The molecule has 0 radical (unpaired) electrons. The van der Waals surface area contributed by atoms with Crippen molar-refractivity contribution < 1.29 is 4.39 Å². The molecule has 1 heterocycles. The summed E-state index contributed by atoms with van der Waals surface area (Å²) in [5.74, 6) is 0.310. The van der Waals surface area contributed by atoms with Crippen molar-refractivity contribution in [3.05, 3.63) is 106 Å². The van der Waals surface area contributed by atoms with Crippen molar-refractivity contribution in [1.29, 1.82) is 0 Å². The minimum atomic E-state index is -0.334. The van der Waals surface area contributed by atoms with E-state index in [9.17, 15) is 4.39 Å². The number of hydrogen-bond donors (Lipinski definition) is 0. The highest BCUT2D eigenvalue weighted by atomic mass is 35.5. The standard InChI is InChI=1S/C23H21ClFN5/c1-16-9-6-7-14-21(16)30-23(26-27-28-30)22(17-10-4-3-5-11-17)29(2)15-18-19(24)12-8-13-20(18)25/h3-14,22H,15H2,1-2H3. The predicted octanol–water partition coefficient (Wildman–Crippen LogP) is 4.98. The molecule has 0 saturated carbocycles. The summed E-state index contributed by atoms with van der Waals surface area (Å²) in [5, 5.41) is 12.9. The molecule has 5 nitrogen and oxygen atoms in total. The quantitative estimate of drug-likeness (QED) is 0.440. The molecular formula is C23H21ClFN5. The highest BCUT2D eigenvalue weighted by Crippen LogP contribution is 2.31. The summed E-state index contributed by atoms with van der Waals surface area (Å²) in [6, 6.07) is 22.3. The van der Waals surface area contributed by atoms with Crippen LogP contribution >= 0.6 is 11.6 Å². The zero-order chi connectivity index (χ0) is 21.1. The number of rotatable bonds is 6. The molecule has 0 saturated heterocycles. The van der Waals surface area contributed by atoms with Gasteiger partial charge in [-0.05, 0) is 53.7 Å². The summed E-state index contributed by atoms with van der Waals surface area (Å²) in [7, 11) is 1.91. The Bertz CT molecular complexity index is 1130. The molecular weight excluding hydrogens is 401 g/mol. The molecule has 0 fully saturated rings. The van der Waals surface area contributed by atoms with E-state index in [4.69, 9.17) is 11.6 Å². The van der Waals surface area contributed by atoms with Crippen LogP contribution in [0.2, 0.25) is 5.02 Å². The van der Waals surface area contributed by atoms with Gasteiger partial charge in [0.05, 0.1) is 11.7 Å². The lowest BCUT2D eigenvalue weighted by Gasteiger charge is -2.28. The average Bonchev–Trinajstić information content (AvgIpc) is 3.21. The van der Waals surface area contributed by atoms with E-state index >= 15 is 0 Å². The molecule has 4 aromatic rings. The molecule has 1 unspecified atom stereocenters. The minimum absolute atomic E-state index is 0.297. The van der Waals surface area contributed by atoms with Crippen LogP contribution in [0, 0.1) is 12.7 Å². The lowest BCUT2D eigenvalue weighted by Crippen LogP contribution is -2.28. The van der Waals surface area contributed by atoms with Gasteiger partial charge >= 0.3 is 0 Å². The van der Waals surface area contributed by atoms with Crippen molar-refractivity contribution in [1.82, 2.24) is 25.1 Å². The van der Waals surface area contributed by atoms with E-state index in [0.717, 1.165) is 16.8 Å². The fraction of sp³-hybridized carbons (Fsp3) is 0.174. The summed E-state index contributed by atoms with van der Waals surface area (Å²) >= 11 is 6.28. The Kier molecular flexibility index (Phi) is 5.88. The van der Waals surface area contributed by atoms with Crippen LogP contribution in [0.3, 0.4) is 0 Å². The molecule has 4 rings (SSSR count). The summed E-state index contributed by atoms with van der Waals surface area (Å²) in [6.07, 6.45) is 0. The maximum atomic E-state index is 14.5. The summed E-state index contributed by atoms with van der Waals surface area (Å²) in [5.41, 5.74) is 3.39. The summed E-state index contributed by atoms with van der Waals surface area (Å²) in [6.45, 7) is 2.31. The fourth-order valence-corrected chi connectivity index (χ4v) is 3.82. The highest BCUT2D eigenvalue weighted by molar-refractivity contribution is 6.31. The molecule has 0 bridgehead atoms. The number of benzene rings is 3. The average molecular weight is 422 g/mol. The van der Waals surface area contributed by atoms with Crippen LogP contribution in [0.25, 0.3) is 5.69 Å². The lowest BCUT2D eigenvalue weighted by atomic mass is 10.0. The topological polar surface area (TPSA) is 46.8 Å². The molecule has 152 valence electrons. The van der Waals surface area contributed by atoms with Crippen LogP contribution in [0.15, 0.2) is 72.8 Å². The fourth-order valence-electron chi connectivity index (χ4n) is 3.60. The van der Waals surface area contributed by atoms with E-state index in [-0.39, 0.29) is 11.9 Å². The molecule has 3 aromatic carbocycles. The molecule has 0 aliphatic heterocycles. The van der Waals surface area contributed by atoms with Gasteiger partial charge in [0.2, 0.25) is 0 Å². The molecule has 1 atom stereocenters. The third-order valence-electron chi connectivity index (χ3n) is 5.11. The van der Waals surface area contributed by atoms with E-state index in [0.29, 0.717) is 23.0 Å². The Hall–Kier alpha value is -3.09. The maximum absolute atomic E-state index is 14.5. The Morgan fingerprint density at radius 3 is 2.47 bits per heavy atom. The normalized spacial score (nSPS) is 12.3. The first-order valence-electron chi connectivity index (χ1n) is 9.58. The van der Waals surface area contributed by atoms with Gasteiger partial charge in [-0.15, -0.1) is 5.10 Å². The third-order valence-corrected chi connectivity index (χ3v) is 5.46. The van der Waals surface area contributed by atoms with Gasteiger partial charge in [-0.25, -0.2) is 4.39 Å². The van der Waals surface area contributed by atoms with Crippen LogP contribution in [0.4, 0.5) is 4.39 Å². The van der Waals surface area contributed by atoms with Gasteiger partial charge in [0.25, 0.3) is 0 Å². The van der Waals surface area contributed by atoms with Crippen molar-refractivity contribution in [3.8, 4) is 5.69 Å². The largest absolute Gasteiger partial charge is 0.288 e. The van der Waals surface area contributed by atoms with Crippen molar-refractivity contribution in [3.63, 3.8) is 0 Å². The molecule has 0 N–H and O–H groups in total. The van der Waals surface area contributed by atoms with Gasteiger partial charge in [0.1, 0.15) is 5.82 Å². The number of halogens is 2. The Labute approximate surface area is 179 Å². The van der Waals surface area contributed by atoms with E-state index in [1.807, 2.05) is 73.5 Å². The lowest BCUT2D eigenvalue weighted by molar-refractivity contribution is 0.255. The van der Waals surface area contributed by atoms with E-state index < -0.39 is 0 Å². The van der Waals surface area contributed by atoms with Gasteiger partial charge < -0.3 is 0 Å². The second-order valence-corrected chi connectivity index (χ2v) is 7.57. The van der Waals surface area contributed by atoms with Crippen LogP contribution in [0.1, 0.15) is 28.6 Å². The van der Waals surface area contributed by atoms with Crippen LogP contribution in [-0.4, -0.2) is 32.2 Å². The predicted molar refractivity (Wildman–Crippen MR) is 115 cm³/mol. The number of nitrogens with zero attached hydrogens (tertiary/aromatic N) is 5. The smallest absolute Gasteiger partial charge is 0.178 e. The highest BCUT2D eigenvalue weighted by Gasteiger charge is 2.27. The first-order valence-corrected chi connectivity index (χ1v) is 9.96. The summed E-state index contributed by atoms with van der Waals surface area (Å²) < 4.78 is 16.2. The first kappa shape index (κ1) is 20.2. The second-order valence-electron chi connectivity index (χ2n) is 7.16. The maximum Gasteiger partial charge on any atom is 0.178 e. The number of tetrazole rings is 1.